The SMILES string of the molecule is COc1ccc2c(c1)c(CO)cc(=O)n2C. The molecule has 0 aliphatic rings. The summed E-state index contributed by atoms with van der Waals surface area (Å²) in [5.74, 6) is 0.709. The van der Waals surface area contributed by atoms with Crippen molar-refractivity contribution in [2.24, 2.45) is 7.05 Å². The van der Waals surface area contributed by atoms with Crippen LogP contribution in [0.25, 0.3) is 10.9 Å². The summed E-state index contributed by atoms with van der Waals surface area (Å²) in [5, 5.41) is 10.1. The molecular weight excluding hydrogens is 206 g/mol. The molecule has 2 rings (SSSR count). The molecule has 4 nitrogen and oxygen atoms in total. The van der Waals surface area contributed by atoms with Gasteiger partial charge in [0.05, 0.1) is 19.2 Å². The number of nitrogens with zero attached hydrogens (tertiary/aromatic N) is 1. The smallest absolute Gasteiger partial charge is 0.251 e. The Bertz CT molecular complexity index is 587. The third kappa shape index (κ3) is 1.57. The predicted molar refractivity (Wildman–Crippen MR) is 61.7 cm³/mol. The van der Waals surface area contributed by atoms with Crippen LogP contribution in [0.1, 0.15) is 5.56 Å². The van der Waals surface area contributed by atoms with Crippen molar-refractivity contribution in [2.75, 3.05) is 7.11 Å². The van der Waals surface area contributed by atoms with Gasteiger partial charge in [-0.2, -0.15) is 0 Å². The average molecular weight is 219 g/mol. The van der Waals surface area contributed by atoms with Crippen LogP contribution in [0, 0.1) is 0 Å². The van der Waals surface area contributed by atoms with Gasteiger partial charge in [0.25, 0.3) is 5.56 Å². The van der Waals surface area contributed by atoms with E-state index in [4.69, 9.17) is 4.74 Å². The molecule has 4 heteroatoms. The fourth-order valence-corrected chi connectivity index (χ4v) is 1.76. The Morgan fingerprint density at radius 3 is 2.75 bits per heavy atom. The Hall–Kier alpha value is -1.81. The van der Waals surface area contributed by atoms with Gasteiger partial charge in [0.1, 0.15) is 5.75 Å². The second-order valence-electron chi connectivity index (χ2n) is 3.61. The largest absolute Gasteiger partial charge is 0.497 e. The number of fused-ring (bicyclic) bond motifs is 1. The van der Waals surface area contributed by atoms with Crippen LogP contribution in [0.15, 0.2) is 29.1 Å². The lowest BCUT2D eigenvalue weighted by Gasteiger charge is -2.09. The highest BCUT2D eigenvalue weighted by Gasteiger charge is 2.06. The Labute approximate surface area is 92.7 Å². The Balaban J connectivity index is 2.87. The molecule has 0 spiro atoms. The lowest BCUT2D eigenvalue weighted by Crippen LogP contribution is -2.17. The highest BCUT2D eigenvalue weighted by atomic mass is 16.5. The summed E-state index contributed by atoms with van der Waals surface area (Å²) in [6, 6.07) is 6.87. The van der Waals surface area contributed by atoms with Crippen molar-refractivity contribution in [3.63, 3.8) is 0 Å². The van der Waals surface area contributed by atoms with Crippen molar-refractivity contribution in [3.05, 3.63) is 40.2 Å². The van der Waals surface area contributed by atoms with E-state index in [9.17, 15) is 9.90 Å². The van der Waals surface area contributed by atoms with Crippen molar-refractivity contribution < 1.29 is 9.84 Å². The highest BCUT2D eigenvalue weighted by Crippen LogP contribution is 2.22. The quantitative estimate of drug-likeness (QED) is 0.821. The Kier molecular flexibility index (Phi) is 2.66. The molecule has 0 radical (unpaired) electrons. The Morgan fingerprint density at radius 1 is 1.38 bits per heavy atom. The van der Waals surface area contributed by atoms with Crippen molar-refractivity contribution >= 4 is 10.9 Å². The molecule has 0 bridgehead atoms. The van der Waals surface area contributed by atoms with Crippen LogP contribution in [0.2, 0.25) is 0 Å². The topological polar surface area (TPSA) is 51.5 Å². The first kappa shape index (κ1) is 10.7. The summed E-state index contributed by atoms with van der Waals surface area (Å²) in [6.07, 6.45) is 0. The molecular formula is C12H13NO3. The van der Waals surface area contributed by atoms with Crippen molar-refractivity contribution in [3.8, 4) is 5.75 Å². The second kappa shape index (κ2) is 3.98. The number of aryl methyl sites for hydroxylation is 1. The number of pyridine rings is 1. The lowest BCUT2D eigenvalue weighted by molar-refractivity contribution is 0.283. The minimum absolute atomic E-state index is 0.123. The fraction of sp³-hybridized carbons (Fsp3) is 0.250. The number of methoxy groups -OCH3 is 1. The van der Waals surface area contributed by atoms with Crippen molar-refractivity contribution in [2.45, 2.75) is 6.61 Å². The van der Waals surface area contributed by atoms with Gasteiger partial charge in [0, 0.05) is 18.5 Å². The molecule has 84 valence electrons. The van der Waals surface area contributed by atoms with Crippen LogP contribution in [0.5, 0.6) is 5.75 Å². The first-order valence-corrected chi connectivity index (χ1v) is 4.95. The summed E-state index contributed by atoms with van der Waals surface area (Å²) in [5.41, 5.74) is 1.29. The van der Waals surface area contributed by atoms with Gasteiger partial charge in [-0.05, 0) is 23.8 Å². The summed E-state index contributed by atoms with van der Waals surface area (Å²) in [7, 11) is 3.29. The number of hydrogen-bond donors (Lipinski definition) is 1. The van der Waals surface area contributed by atoms with Crippen molar-refractivity contribution in [1.29, 1.82) is 0 Å². The first-order valence-electron chi connectivity index (χ1n) is 4.95. The van der Waals surface area contributed by atoms with Gasteiger partial charge in [-0.3, -0.25) is 4.79 Å². The molecule has 0 atom stereocenters. The van der Waals surface area contributed by atoms with E-state index in [1.807, 2.05) is 12.1 Å². The summed E-state index contributed by atoms with van der Waals surface area (Å²) >= 11 is 0. The summed E-state index contributed by atoms with van der Waals surface area (Å²) in [4.78, 5) is 11.6. The number of aliphatic hydroxyl groups is 1. The molecule has 0 aliphatic heterocycles. The van der Waals surface area contributed by atoms with E-state index >= 15 is 0 Å². The van der Waals surface area contributed by atoms with Crippen LogP contribution in [-0.4, -0.2) is 16.8 Å². The molecule has 0 amide bonds. The van der Waals surface area contributed by atoms with Crippen molar-refractivity contribution in [1.82, 2.24) is 4.57 Å². The number of aliphatic hydroxyl groups excluding tert-OH is 1. The number of benzene rings is 1. The van der Waals surface area contributed by atoms with E-state index in [0.29, 0.717) is 11.3 Å². The zero-order valence-corrected chi connectivity index (χ0v) is 9.23. The first-order chi connectivity index (χ1) is 7.67. The molecule has 1 aromatic carbocycles. The third-order valence-corrected chi connectivity index (χ3v) is 2.71. The van der Waals surface area contributed by atoms with E-state index in [2.05, 4.69) is 0 Å². The maximum atomic E-state index is 11.6. The fourth-order valence-electron chi connectivity index (χ4n) is 1.76. The molecule has 1 aromatic heterocycles. The maximum Gasteiger partial charge on any atom is 0.251 e. The molecule has 2 aromatic rings. The summed E-state index contributed by atoms with van der Waals surface area (Å²) in [6.45, 7) is -0.153. The minimum Gasteiger partial charge on any atom is -0.497 e. The van der Waals surface area contributed by atoms with Gasteiger partial charge in [-0.15, -0.1) is 0 Å². The zero-order chi connectivity index (χ0) is 11.7. The van der Waals surface area contributed by atoms with E-state index in [1.165, 1.54) is 6.07 Å². The van der Waals surface area contributed by atoms with E-state index < -0.39 is 0 Å². The van der Waals surface area contributed by atoms with Crippen LogP contribution >= 0.6 is 0 Å². The van der Waals surface area contributed by atoms with Crippen LogP contribution in [-0.2, 0) is 13.7 Å². The normalized spacial score (nSPS) is 10.7. The summed E-state index contributed by atoms with van der Waals surface area (Å²) < 4.78 is 6.67. The second-order valence-corrected chi connectivity index (χ2v) is 3.61. The molecule has 0 unspecified atom stereocenters. The van der Waals surface area contributed by atoms with Gasteiger partial charge in [0.2, 0.25) is 0 Å². The molecule has 16 heavy (non-hydrogen) atoms. The molecule has 0 saturated heterocycles. The monoisotopic (exact) mass is 219 g/mol. The number of aromatic nitrogens is 1. The maximum absolute atomic E-state index is 11.6. The van der Waals surface area contributed by atoms with Gasteiger partial charge in [0.15, 0.2) is 0 Å². The molecule has 0 aliphatic carbocycles. The van der Waals surface area contributed by atoms with E-state index in [1.54, 1.807) is 24.8 Å². The van der Waals surface area contributed by atoms with Crippen LogP contribution in [0.4, 0.5) is 0 Å². The lowest BCUT2D eigenvalue weighted by atomic mass is 10.1. The van der Waals surface area contributed by atoms with E-state index in [-0.39, 0.29) is 12.2 Å². The van der Waals surface area contributed by atoms with E-state index in [0.717, 1.165) is 10.9 Å². The number of rotatable bonds is 2. The predicted octanol–water partition coefficient (Wildman–Crippen LogP) is 1.04. The number of hydrogen-bond acceptors (Lipinski definition) is 3. The average Bonchev–Trinajstić information content (AvgIpc) is 2.33. The third-order valence-electron chi connectivity index (χ3n) is 2.71. The zero-order valence-electron chi connectivity index (χ0n) is 9.23. The molecule has 1 heterocycles. The van der Waals surface area contributed by atoms with Crippen LogP contribution < -0.4 is 10.3 Å². The standard InChI is InChI=1S/C12H13NO3/c1-13-11-4-3-9(16-2)6-10(11)8(7-14)5-12(13)15/h3-6,14H,7H2,1-2H3. The molecule has 0 fully saturated rings. The van der Waals surface area contributed by atoms with Gasteiger partial charge >= 0.3 is 0 Å². The molecule has 0 saturated carbocycles. The molecule has 1 N–H and O–H groups in total. The van der Waals surface area contributed by atoms with Gasteiger partial charge < -0.3 is 14.4 Å². The van der Waals surface area contributed by atoms with Gasteiger partial charge in [-0.1, -0.05) is 0 Å². The van der Waals surface area contributed by atoms with Crippen LogP contribution in [0.3, 0.4) is 0 Å². The number of ether oxygens (including phenoxy) is 1. The minimum atomic E-state index is -0.153. The highest BCUT2D eigenvalue weighted by molar-refractivity contribution is 5.83. The Morgan fingerprint density at radius 2 is 2.12 bits per heavy atom. The van der Waals surface area contributed by atoms with Gasteiger partial charge in [-0.25, -0.2) is 0 Å².